The van der Waals surface area contributed by atoms with Gasteiger partial charge >= 0.3 is 0 Å². The van der Waals surface area contributed by atoms with Crippen LogP contribution in [0.15, 0.2) is 18.2 Å². The first-order valence-electron chi connectivity index (χ1n) is 7.70. The molecule has 1 heterocycles. The number of ether oxygens (including phenoxy) is 1. The van der Waals surface area contributed by atoms with E-state index in [0.717, 1.165) is 37.2 Å². The van der Waals surface area contributed by atoms with Crippen LogP contribution >= 0.6 is 0 Å². The Morgan fingerprint density at radius 3 is 3.00 bits per heavy atom. The molecule has 2 aliphatic rings. The number of rotatable bonds is 3. The van der Waals surface area contributed by atoms with Gasteiger partial charge in [-0.3, -0.25) is 0 Å². The van der Waals surface area contributed by atoms with Gasteiger partial charge in [-0.05, 0) is 48.3 Å². The maximum Gasteiger partial charge on any atom is 0.122 e. The highest BCUT2D eigenvalue weighted by Gasteiger charge is 2.24. The first-order valence-corrected chi connectivity index (χ1v) is 7.70. The summed E-state index contributed by atoms with van der Waals surface area (Å²) in [6.45, 7) is 6.62. The topological polar surface area (TPSA) is 21.3 Å². The molecule has 2 nitrogen and oxygen atoms in total. The Bertz CT molecular complexity index is 443. The summed E-state index contributed by atoms with van der Waals surface area (Å²) < 4.78 is 5.56. The molecule has 1 N–H and O–H groups in total. The van der Waals surface area contributed by atoms with Crippen molar-refractivity contribution in [3.63, 3.8) is 0 Å². The van der Waals surface area contributed by atoms with E-state index < -0.39 is 0 Å². The van der Waals surface area contributed by atoms with Gasteiger partial charge in [0.15, 0.2) is 0 Å². The summed E-state index contributed by atoms with van der Waals surface area (Å²) in [4.78, 5) is 0. The van der Waals surface area contributed by atoms with Crippen LogP contribution in [-0.2, 0) is 13.0 Å². The maximum atomic E-state index is 5.56. The van der Waals surface area contributed by atoms with Crippen LogP contribution in [0.1, 0.15) is 44.2 Å². The highest BCUT2D eigenvalue weighted by molar-refractivity contribution is 5.39. The highest BCUT2D eigenvalue weighted by Crippen LogP contribution is 2.29. The molecule has 1 saturated carbocycles. The van der Waals surface area contributed by atoms with E-state index in [0.29, 0.717) is 6.04 Å². The normalized spacial score (nSPS) is 29.9. The van der Waals surface area contributed by atoms with Crippen LogP contribution in [0.3, 0.4) is 0 Å². The van der Waals surface area contributed by atoms with Crippen LogP contribution in [0.4, 0.5) is 0 Å². The monoisotopic (exact) mass is 259 g/mol. The van der Waals surface area contributed by atoms with Crippen molar-refractivity contribution in [2.75, 3.05) is 6.61 Å². The molecule has 1 fully saturated rings. The second-order valence-electron chi connectivity index (χ2n) is 6.42. The number of hydrogen-bond acceptors (Lipinski definition) is 2. The molecule has 3 rings (SSSR count). The Morgan fingerprint density at radius 1 is 1.26 bits per heavy atom. The highest BCUT2D eigenvalue weighted by atomic mass is 16.5. The molecular weight excluding hydrogens is 234 g/mol. The minimum atomic E-state index is 0.695. The lowest BCUT2D eigenvalue weighted by atomic mass is 9.80. The third kappa shape index (κ3) is 2.94. The summed E-state index contributed by atoms with van der Waals surface area (Å²) in [5.74, 6) is 2.80. The fourth-order valence-corrected chi connectivity index (χ4v) is 3.57. The number of fused-ring (bicyclic) bond motifs is 1. The smallest absolute Gasteiger partial charge is 0.122 e. The largest absolute Gasteiger partial charge is 0.493 e. The zero-order valence-electron chi connectivity index (χ0n) is 12.1. The number of benzene rings is 1. The Kier molecular flexibility index (Phi) is 3.79. The van der Waals surface area contributed by atoms with Crippen molar-refractivity contribution in [2.45, 2.75) is 52.1 Å². The van der Waals surface area contributed by atoms with Crippen molar-refractivity contribution in [1.29, 1.82) is 0 Å². The number of hydrogen-bond donors (Lipinski definition) is 1. The first-order chi connectivity index (χ1) is 9.22. The first kappa shape index (κ1) is 13.0. The standard InChI is InChI=1S/C17H25NO/c1-12-3-5-16(13(2)9-12)18-11-14-4-6-17-15(10-14)7-8-19-17/h4,6,10,12-13,16,18H,3,5,7-9,11H2,1-2H3. The van der Waals surface area contributed by atoms with Crippen molar-refractivity contribution < 1.29 is 4.74 Å². The predicted molar refractivity (Wildman–Crippen MR) is 78.4 cm³/mol. The third-order valence-electron chi connectivity index (χ3n) is 4.75. The van der Waals surface area contributed by atoms with E-state index in [1.807, 2.05) is 0 Å². The fourth-order valence-electron chi connectivity index (χ4n) is 3.57. The molecule has 2 heteroatoms. The molecule has 1 aromatic carbocycles. The lowest BCUT2D eigenvalue weighted by molar-refractivity contribution is 0.227. The average molecular weight is 259 g/mol. The van der Waals surface area contributed by atoms with Gasteiger partial charge < -0.3 is 10.1 Å². The SMILES string of the molecule is CC1CCC(NCc2ccc3c(c2)CCO3)C(C)C1. The predicted octanol–water partition coefficient (Wildman–Crippen LogP) is 3.54. The lowest BCUT2D eigenvalue weighted by Gasteiger charge is -2.33. The maximum absolute atomic E-state index is 5.56. The van der Waals surface area contributed by atoms with Gasteiger partial charge in [0.2, 0.25) is 0 Å². The molecule has 19 heavy (non-hydrogen) atoms. The van der Waals surface area contributed by atoms with Crippen molar-refractivity contribution in [1.82, 2.24) is 5.32 Å². The Hall–Kier alpha value is -1.02. The van der Waals surface area contributed by atoms with Crippen LogP contribution in [0.2, 0.25) is 0 Å². The van der Waals surface area contributed by atoms with E-state index >= 15 is 0 Å². The molecule has 0 amide bonds. The van der Waals surface area contributed by atoms with Gasteiger partial charge in [0.05, 0.1) is 6.61 Å². The molecular formula is C17H25NO. The van der Waals surface area contributed by atoms with Gasteiger partial charge in [0.25, 0.3) is 0 Å². The van der Waals surface area contributed by atoms with E-state index in [1.54, 1.807) is 0 Å². The van der Waals surface area contributed by atoms with E-state index in [-0.39, 0.29) is 0 Å². The minimum absolute atomic E-state index is 0.695. The van der Waals surface area contributed by atoms with E-state index in [4.69, 9.17) is 4.74 Å². The molecule has 3 atom stereocenters. The zero-order valence-corrected chi connectivity index (χ0v) is 12.1. The molecule has 0 aromatic heterocycles. The third-order valence-corrected chi connectivity index (χ3v) is 4.75. The Balaban J connectivity index is 1.57. The van der Waals surface area contributed by atoms with Crippen LogP contribution in [0.5, 0.6) is 5.75 Å². The van der Waals surface area contributed by atoms with E-state index in [1.165, 1.54) is 30.4 Å². The van der Waals surface area contributed by atoms with Crippen molar-refractivity contribution >= 4 is 0 Å². The zero-order chi connectivity index (χ0) is 13.2. The Labute approximate surface area is 116 Å². The van der Waals surface area contributed by atoms with Crippen molar-refractivity contribution in [3.8, 4) is 5.75 Å². The summed E-state index contributed by atoms with van der Waals surface area (Å²) in [6.07, 6.45) is 5.15. The van der Waals surface area contributed by atoms with Gasteiger partial charge in [-0.1, -0.05) is 26.0 Å². The van der Waals surface area contributed by atoms with Crippen molar-refractivity contribution in [3.05, 3.63) is 29.3 Å². The molecule has 0 saturated heterocycles. The summed E-state index contributed by atoms with van der Waals surface area (Å²) in [5.41, 5.74) is 2.78. The summed E-state index contributed by atoms with van der Waals surface area (Å²) in [7, 11) is 0. The number of nitrogens with one attached hydrogen (secondary N) is 1. The van der Waals surface area contributed by atoms with E-state index in [2.05, 4.69) is 37.4 Å². The van der Waals surface area contributed by atoms with Gasteiger partial charge in [-0.2, -0.15) is 0 Å². The van der Waals surface area contributed by atoms with E-state index in [9.17, 15) is 0 Å². The summed E-state index contributed by atoms with van der Waals surface area (Å²) in [6, 6.07) is 7.34. The fraction of sp³-hybridized carbons (Fsp3) is 0.647. The van der Waals surface area contributed by atoms with Crippen molar-refractivity contribution in [2.24, 2.45) is 11.8 Å². The Morgan fingerprint density at radius 2 is 2.16 bits per heavy atom. The molecule has 0 spiro atoms. The van der Waals surface area contributed by atoms with Crippen LogP contribution in [0.25, 0.3) is 0 Å². The molecule has 1 aromatic rings. The second kappa shape index (κ2) is 5.54. The lowest BCUT2D eigenvalue weighted by Crippen LogP contribution is -2.38. The molecule has 3 unspecified atom stereocenters. The van der Waals surface area contributed by atoms with Gasteiger partial charge in [0.1, 0.15) is 5.75 Å². The van der Waals surface area contributed by atoms with Gasteiger partial charge in [-0.15, -0.1) is 0 Å². The van der Waals surface area contributed by atoms with Crippen LogP contribution in [-0.4, -0.2) is 12.6 Å². The van der Waals surface area contributed by atoms with Crippen LogP contribution < -0.4 is 10.1 Å². The van der Waals surface area contributed by atoms with Gasteiger partial charge in [0, 0.05) is 19.0 Å². The molecule has 0 bridgehead atoms. The minimum Gasteiger partial charge on any atom is -0.493 e. The summed E-state index contributed by atoms with van der Waals surface area (Å²) in [5, 5.41) is 3.76. The van der Waals surface area contributed by atoms with Crippen LogP contribution in [0, 0.1) is 11.8 Å². The molecule has 1 aliphatic heterocycles. The molecule has 0 radical (unpaired) electrons. The molecule has 104 valence electrons. The average Bonchev–Trinajstić information content (AvgIpc) is 2.85. The molecule has 1 aliphatic carbocycles. The quantitative estimate of drug-likeness (QED) is 0.896. The second-order valence-corrected chi connectivity index (χ2v) is 6.42. The van der Waals surface area contributed by atoms with Gasteiger partial charge in [-0.25, -0.2) is 0 Å². The summed E-state index contributed by atoms with van der Waals surface area (Å²) >= 11 is 0.